The number of aromatic hydroxyl groups is 1. The van der Waals surface area contributed by atoms with Gasteiger partial charge in [-0.2, -0.15) is 0 Å². The maximum Gasteiger partial charge on any atom is 0.193 e. The number of hydrogen-bond acceptors (Lipinski definition) is 2. The van der Waals surface area contributed by atoms with E-state index in [2.05, 4.69) is 0 Å². The summed E-state index contributed by atoms with van der Waals surface area (Å²) in [4.78, 5) is 12.2. The molecule has 18 heavy (non-hydrogen) atoms. The lowest BCUT2D eigenvalue weighted by Crippen LogP contribution is -2.01. The van der Waals surface area contributed by atoms with Crippen molar-refractivity contribution >= 4 is 5.78 Å². The first-order valence-electron chi connectivity index (χ1n) is 6.14. The smallest absolute Gasteiger partial charge is 0.193 e. The van der Waals surface area contributed by atoms with E-state index in [1.807, 2.05) is 25.1 Å². The van der Waals surface area contributed by atoms with Gasteiger partial charge in [-0.05, 0) is 30.2 Å². The molecule has 92 valence electrons. The van der Waals surface area contributed by atoms with Crippen LogP contribution < -0.4 is 0 Å². The maximum absolute atomic E-state index is 12.2. The largest absolute Gasteiger partial charge is 0.508 e. The van der Waals surface area contributed by atoms with Crippen molar-refractivity contribution in [3.05, 3.63) is 65.2 Å². The van der Waals surface area contributed by atoms with Gasteiger partial charge in [-0.1, -0.05) is 43.7 Å². The van der Waals surface area contributed by atoms with Crippen molar-refractivity contribution < 1.29 is 9.90 Å². The van der Waals surface area contributed by atoms with Crippen molar-refractivity contribution in [3.8, 4) is 5.75 Å². The summed E-state index contributed by atoms with van der Waals surface area (Å²) in [6.07, 6.45) is 1.72. The first kappa shape index (κ1) is 12.4. The number of hydrogen-bond donors (Lipinski definition) is 1. The van der Waals surface area contributed by atoms with E-state index >= 15 is 0 Å². The maximum atomic E-state index is 12.2. The molecule has 0 amide bonds. The molecule has 0 atom stereocenters. The molecule has 0 bridgehead atoms. The van der Waals surface area contributed by atoms with Gasteiger partial charge < -0.3 is 5.11 Å². The molecule has 0 unspecified atom stereocenters. The van der Waals surface area contributed by atoms with Gasteiger partial charge >= 0.3 is 0 Å². The van der Waals surface area contributed by atoms with Crippen LogP contribution in [0.1, 0.15) is 34.8 Å². The number of phenols is 1. The van der Waals surface area contributed by atoms with E-state index in [-0.39, 0.29) is 11.5 Å². The van der Waals surface area contributed by atoms with Crippen LogP contribution in [0.5, 0.6) is 5.75 Å². The third-order valence-corrected chi connectivity index (χ3v) is 2.90. The Kier molecular flexibility index (Phi) is 3.78. The number of phenolic OH excluding ortho intramolecular Hbond substituents is 1. The lowest BCUT2D eigenvalue weighted by atomic mass is 9.99. The van der Waals surface area contributed by atoms with Crippen LogP contribution in [0.4, 0.5) is 0 Å². The van der Waals surface area contributed by atoms with Crippen LogP contribution in [0.2, 0.25) is 0 Å². The van der Waals surface area contributed by atoms with Crippen molar-refractivity contribution in [3.63, 3.8) is 0 Å². The summed E-state index contributed by atoms with van der Waals surface area (Å²) in [6, 6.07) is 14.2. The van der Waals surface area contributed by atoms with Crippen LogP contribution in [0.15, 0.2) is 48.5 Å². The highest BCUT2D eigenvalue weighted by molar-refractivity contribution is 6.09. The van der Waals surface area contributed by atoms with E-state index < -0.39 is 0 Å². The van der Waals surface area contributed by atoms with Crippen molar-refractivity contribution in [2.45, 2.75) is 19.8 Å². The minimum Gasteiger partial charge on any atom is -0.508 e. The first-order valence-corrected chi connectivity index (χ1v) is 6.14. The quantitative estimate of drug-likeness (QED) is 0.829. The fraction of sp³-hybridized carbons (Fsp3) is 0.188. The Morgan fingerprint density at radius 2 is 1.78 bits per heavy atom. The fourth-order valence-electron chi connectivity index (χ4n) is 1.95. The summed E-state index contributed by atoms with van der Waals surface area (Å²) in [5, 5.41) is 9.71. The zero-order chi connectivity index (χ0) is 13.0. The third kappa shape index (κ3) is 2.59. The minimum atomic E-state index is -0.00652. The molecule has 0 heterocycles. The zero-order valence-corrected chi connectivity index (χ0v) is 10.4. The van der Waals surface area contributed by atoms with Gasteiger partial charge in [0.15, 0.2) is 5.78 Å². The van der Waals surface area contributed by atoms with Gasteiger partial charge in [-0.15, -0.1) is 0 Å². The predicted octanol–water partition coefficient (Wildman–Crippen LogP) is 3.58. The highest BCUT2D eigenvalue weighted by Crippen LogP contribution is 2.21. The van der Waals surface area contributed by atoms with Gasteiger partial charge in [0.05, 0.1) is 0 Å². The normalized spacial score (nSPS) is 10.3. The van der Waals surface area contributed by atoms with Gasteiger partial charge in [-0.3, -0.25) is 4.79 Å². The zero-order valence-electron chi connectivity index (χ0n) is 10.4. The summed E-state index contributed by atoms with van der Waals surface area (Å²) in [6.45, 7) is 2.05. The number of carbonyl (C=O) groups excluding carboxylic acids is 1. The second-order valence-electron chi connectivity index (χ2n) is 4.29. The van der Waals surface area contributed by atoms with Crippen LogP contribution in [-0.2, 0) is 6.42 Å². The highest BCUT2D eigenvalue weighted by atomic mass is 16.3. The summed E-state index contributed by atoms with van der Waals surface area (Å²) in [5.41, 5.74) is 2.13. The standard InChI is InChI=1S/C16H16O2/c1-2-6-13-11-14(9-10-15(13)17)16(18)12-7-4-3-5-8-12/h3-5,7-11,17H,2,6H2,1H3. The van der Waals surface area contributed by atoms with E-state index in [0.29, 0.717) is 11.1 Å². The molecule has 1 N–H and O–H groups in total. The molecule has 2 heteroatoms. The second kappa shape index (κ2) is 5.50. The molecule has 0 radical (unpaired) electrons. The number of benzene rings is 2. The molecule has 2 aromatic rings. The summed E-state index contributed by atoms with van der Waals surface area (Å²) in [7, 11) is 0. The predicted molar refractivity (Wildman–Crippen MR) is 72.0 cm³/mol. The van der Waals surface area contributed by atoms with Crippen molar-refractivity contribution in [2.75, 3.05) is 0 Å². The van der Waals surface area contributed by atoms with E-state index in [1.165, 1.54) is 0 Å². The van der Waals surface area contributed by atoms with Gasteiger partial charge in [0.25, 0.3) is 0 Å². The molecule has 0 aliphatic carbocycles. The van der Waals surface area contributed by atoms with Gasteiger partial charge in [0.1, 0.15) is 5.75 Å². The van der Waals surface area contributed by atoms with Crippen LogP contribution in [0, 0.1) is 0 Å². The minimum absolute atomic E-state index is 0.00652. The summed E-state index contributed by atoms with van der Waals surface area (Å²) < 4.78 is 0. The Morgan fingerprint density at radius 1 is 1.06 bits per heavy atom. The molecule has 0 saturated carbocycles. The molecule has 0 aromatic heterocycles. The molecule has 2 nitrogen and oxygen atoms in total. The average molecular weight is 240 g/mol. The molecule has 2 aromatic carbocycles. The third-order valence-electron chi connectivity index (χ3n) is 2.90. The molecule has 0 aliphatic heterocycles. The molecule has 0 spiro atoms. The topological polar surface area (TPSA) is 37.3 Å². The van der Waals surface area contributed by atoms with Crippen molar-refractivity contribution in [2.24, 2.45) is 0 Å². The Morgan fingerprint density at radius 3 is 2.44 bits per heavy atom. The van der Waals surface area contributed by atoms with Crippen LogP contribution in [0.3, 0.4) is 0 Å². The van der Waals surface area contributed by atoms with Gasteiger partial charge in [-0.25, -0.2) is 0 Å². The Labute approximate surface area is 107 Å². The SMILES string of the molecule is CCCc1cc(C(=O)c2ccccc2)ccc1O. The van der Waals surface area contributed by atoms with E-state index in [1.54, 1.807) is 30.3 Å². The number of carbonyl (C=O) groups is 1. The van der Waals surface area contributed by atoms with E-state index in [0.717, 1.165) is 18.4 Å². The molecule has 0 aliphatic rings. The second-order valence-corrected chi connectivity index (χ2v) is 4.29. The Balaban J connectivity index is 2.34. The molecular formula is C16H16O2. The van der Waals surface area contributed by atoms with Crippen molar-refractivity contribution in [1.82, 2.24) is 0 Å². The Hall–Kier alpha value is -2.09. The number of rotatable bonds is 4. The number of ketones is 1. The fourth-order valence-corrected chi connectivity index (χ4v) is 1.95. The lowest BCUT2D eigenvalue weighted by Gasteiger charge is -2.06. The van der Waals surface area contributed by atoms with E-state index in [4.69, 9.17) is 0 Å². The first-order chi connectivity index (χ1) is 8.72. The van der Waals surface area contributed by atoms with Crippen molar-refractivity contribution in [1.29, 1.82) is 0 Å². The average Bonchev–Trinajstić information content (AvgIpc) is 2.42. The molecular weight excluding hydrogens is 224 g/mol. The molecule has 2 rings (SSSR count). The highest BCUT2D eigenvalue weighted by Gasteiger charge is 2.10. The molecule has 0 fully saturated rings. The Bertz CT molecular complexity index is 544. The number of aryl methyl sites for hydroxylation is 1. The summed E-state index contributed by atoms with van der Waals surface area (Å²) >= 11 is 0. The van der Waals surface area contributed by atoms with Gasteiger partial charge in [0, 0.05) is 11.1 Å². The molecule has 0 saturated heterocycles. The summed E-state index contributed by atoms with van der Waals surface area (Å²) in [5.74, 6) is 0.259. The van der Waals surface area contributed by atoms with Crippen LogP contribution in [-0.4, -0.2) is 10.9 Å². The van der Waals surface area contributed by atoms with E-state index in [9.17, 15) is 9.90 Å². The van der Waals surface area contributed by atoms with Gasteiger partial charge in [0.2, 0.25) is 0 Å². The van der Waals surface area contributed by atoms with Crippen LogP contribution in [0.25, 0.3) is 0 Å². The monoisotopic (exact) mass is 240 g/mol. The lowest BCUT2D eigenvalue weighted by molar-refractivity contribution is 0.103. The van der Waals surface area contributed by atoms with Crippen LogP contribution >= 0.6 is 0 Å².